The predicted molar refractivity (Wildman–Crippen MR) is 55.9 cm³/mol. The van der Waals surface area contributed by atoms with Gasteiger partial charge in [-0.3, -0.25) is 4.79 Å². The first-order chi connectivity index (χ1) is 6.64. The largest absolute Gasteiger partial charge is 0.346 e. The molecule has 0 aliphatic carbocycles. The van der Waals surface area contributed by atoms with E-state index in [1.54, 1.807) is 0 Å². The molecule has 1 aromatic carbocycles. The first-order valence-electron chi connectivity index (χ1n) is 5.04. The molecular weight excluding hydrogens is 174 g/mol. The second-order valence-electron chi connectivity index (χ2n) is 4.11. The molecule has 74 valence electrons. The second kappa shape index (κ2) is 3.12. The van der Waals surface area contributed by atoms with Crippen molar-refractivity contribution in [3.63, 3.8) is 0 Å². The molecule has 1 aromatic rings. The van der Waals surface area contributed by atoms with Crippen molar-refractivity contribution in [2.45, 2.75) is 32.2 Å². The van der Waals surface area contributed by atoms with Crippen molar-refractivity contribution in [1.82, 2.24) is 5.32 Å². The molecule has 1 N–H and O–H groups in total. The number of carbonyl (C=O) groups excluding carboxylic acids is 1. The zero-order chi connectivity index (χ0) is 10.2. The van der Waals surface area contributed by atoms with Crippen LogP contribution in [0.15, 0.2) is 24.3 Å². The Kier molecular flexibility index (Phi) is 2.06. The first kappa shape index (κ1) is 9.25. The SMILES string of the molecule is CCc1ccc(C2(C)CC(=O)N2)cc1. The normalized spacial score (nSPS) is 25.4. The summed E-state index contributed by atoms with van der Waals surface area (Å²) in [5.41, 5.74) is 2.42. The highest BCUT2D eigenvalue weighted by Crippen LogP contribution is 2.31. The van der Waals surface area contributed by atoms with Gasteiger partial charge in [-0.25, -0.2) is 0 Å². The van der Waals surface area contributed by atoms with Gasteiger partial charge in [-0.15, -0.1) is 0 Å². The average Bonchev–Trinajstić information content (AvgIpc) is 2.16. The number of nitrogens with one attached hydrogen (secondary N) is 1. The van der Waals surface area contributed by atoms with Gasteiger partial charge in [0.15, 0.2) is 0 Å². The van der Waals surface area contributed by atoms with Crippen molar-refractivity contribution in [2.75, 3.05) is 0 Å². The fourth-order valence-electron chi connectivity index (χ4n) is 1.89. The summed E-state index contributed by atoms with van der Waals surface area (Å²) < 4.78 is 0. The maximum Gasteiger partial charge on any atom is 0.223 e. The van der Waals surface area contributed by atoms with Crippen LogP contribution in [0.1, 0.15) is 31.4 Å². The van der Waals surface area contributed by atoms with Crippen molar-refractivity contribution in [1.29, 1.82) is 0 Å². The van der Waals surface area contributed by atoms with Crippen LogP contribution in [0, 0.1) is 0 Å². The number of amides is 1. The molecule has 0 saturated carbocycles. The van der Waals surface area contributed by atoms with Crippen LogP contribution in [-0.2, 0) is 16.8 Å². The van der Waals surface area contributed by atoms with Crippen LogP contribution in [0.25, 0.3) is 0 Å². The topological polar surface area (TPSA) is 29.1 Å². The van der Waals surface area contributed by atoms with E-state index in [-0.39, 0.29) is 11.4 Å². The molecule has 1 aliphatic heterocycles. The van der Waals surface area contributed by atoms with E-state index in [2.05, 4.69) is 43.4 Å². The predicted octanol–water partition coefficient (Wildman–Crippen LogP) is 1.98. The molecular formula is C12H15NO. The number of β-lactam (4-membered cyclic amide) rings is 1. The third-order valence-corrected chi connectivity index (χ3v) is 2.93. The zero-order valence-corrected chi connectivity index (χ0v) is 8.63. The van der Waals surface area contributed by atoms with Gasteiger partial charge >= 0.3 is 0 Å². The molecule has 2 nitrogen and oxygen atoms in total. The second-order valence-corrected chi connectivity index (χ2v) is 4.11. The quantitative estimate of drug-likeness (QED) is 0.708. The molecule has 1 unspecified atom stereocenters. The molecule has 0 radical (unpaired) electrons. The van der Waals surface area contributed by atoms with E-state index in [0.717, 1.165) is 6.42 Å². The van der Waals surface area contributed by atoms with Crippen LogP contribution in [0.2, 0.25) is 0 Å². The Hall–Kier alpha value is -1.31. The van der Waals surface area contributed by atoms with Gasteiger partial charge in [-0.1, -0.05) is 31.2 Å². The summed E-state index contributed by atoms with van der Waals surface area (Å²) in [5.74, 6) is 0.145. The third-order valence-electron chi connectivity index (χ3n) is 2.93. The molecule has 1 atom stereocenters. The highest BCUT2D eigenvalue weighted by atomic mass is 16.2. The number of benzene rings is 1. The van der Waals surface area contributed by atoms with E-state index in [9.17, 15) is 4.79 Å². The lowest BCUT2D eigenvalue weighted by molar-refractivity contribution is -0.132. The molecule has 1 amide bonds. The molecule has 2 rings (SSSR count). The molecule has 1 heterocycles. The Morgan fingerprint density at radius 3 is 2.36 bits per heavy atom. The lowest BCUT2D eigenvalue weighted by Gasteiger charge is -2.39. The Bertz CT molecular complexity index is 345. The minimum Gasteiger partial charge on any atom is -0.346 e. The summed E-state index contributed by atoms with van der Waals surface area (Å²) in [4.78, 5) is 10.9. The number of rotatable bonds is 2. The van der Waals surface area contributed by atoms with E-state index in [4.69, 9.17) is 0 Å². The Balaban J connectivity index is 2.21. The van der Waals surface area contributed by atoms with Gasteiger partial charge in [0.1, 0.15) is 0 Å². The summed E-state index contributed by atoms with van der Waals surface area (Å²) >= 11 is 0. The number of hydrogen-bond acceptors (Lipinski definition) is 1. The summed E-state index contributed by atoms with van der Waals surface area (Å²) in [5, 5.41) is 2.93. The van der Waals surface area contributed by atoms with Crippen molar-refractivity contribution in [3.05, 3.63) is 35.4 Å². The van der Waals surface area contributed by atoms with Gasteiger partial charge in [0, 0.05) is 0 Å². The number of hydrogen-bond donors (Lipinski definition) is 1. The van der Waals surface area contributed by atoms with Crippen LogP contribution in [0.3, 0.4) is 0 Å². The molecule has 0 aromatic heterocycles. The highest BCUT2D eigenvalue weighted by molar-refractivity contribution is 5.85. The summed E-state index contributed by atoms with van der Waals surface area (Å²) in [7, 11) is 0. The van der Waals surface area contributed by atoms with Gasteiger partial charge in [0.25, 0.3) is 0 Å². The lowest BCUT2D eigenvalue weighted by atomic mass is 9.82. The summed E-state index contributed by atoms with van der Waals surface area (Å²) in [6, 6.07) is 8.48. The smallest absolute Gasteiger partial charge is 0.223 e. The van der Waals surface area contributed by atoms with E-state index < -0.39 is 0 Å². The van der Waals surface area contributed by atoms with Crippen LogP contribution < -0.4 is 5.32 Å². The Labute approximate surface area is 84.3 Å². The molecule has 1 fully saturated rings. The van der Waals surface area contributed by atoms with Crippen molar-refractivity contribution >= 4 is 5.91 Å². The van der Waals surface area contributed by atoms with Gasteiger partial charge in [0.2, 0.25) is 5.91 Å². The monoisotopic (exact) mass is 189 g/mol. The van der Waals surface area contributed by atoms with Crippen LogP contribution in [-0.4, -0.2) is 5.91 Å². The summed E-state index contributed by atoms with van der Waals surface area (Å²) in [6.07, 6.45) is 1.67. The average molecular weight is 189 g/mol. The van der Waals surface area contributed by atoms with Crippen molar-refractivity contribution in [2.24, 2.45) is 0 Å². The van der Waals surface area contributed by atoms with Crippen molar-refractivity contribution < 1.29 is 4.79 Å². The fraction of sp³-hybridized carbons (Fsp3) is 0.417. The van der Waals surface area contributed by atoms with Crippen molar-refractivity contribution in [3.8, 4) is 0 Å². The van der Waals surface area contributed by atoms with Crippen LogP contribution in [0.5, 0.6) is 0 Å². The molecule has 1 aliphatic rings. The third kappa shape index (κ3) is 1.41. The highest BCUT2D eigenvalue weighted by Gasteiger charge is 2.39. The maximum atomic E-state index is 10.9. The molecule has 0 spiro atoms. The Morgan fingerprint density at radius 1 is 1.36 bits per heavy atom. The van der Waals surface area contributed by atoms with Crippen LogP contribution >= 0.6 is 0 Å². The Morgan fingerprint density at radius 2 is 1.93 bits per heavy atom. The minimum absolute atomic E-state index is 0.122. The minimum atomic E-state index is -0.122. The standard InChI is InChI=1S/C12H15NO/c1-3-9-4-6-10(7-5-9)12(2)8-11(14)13-12/h4-7H,3,8H2,1-2H3,(H,13,14). The lowest BCUT2D eigenvalue weighted by Crippen LogP contribution is -2.56. The van der Waals surface area contributed by atoms with E-state index in [1.165, 1.54) is 11.1 Å². The maximum absolute atomic E-state index is 10.9. The van der Waals surface area contributed by atoms with E-state index in [0.29, 0.717) is 6.42 Å². The molecule has 1 saturated heterocycles. The molecule has 14 heavy (non-hydrogen) atoms. The van der Waals surface area contributed by atoms with Gasteiger partial charge in [-0.2, -0.15) is 0 Å². The van der Waals surface area contributed by atoms with Crippen LogP contribution in [0.4, 0.5) is 0 Å². The van der Waals surface area contributed by atoms with E-state index >= 15 is 0 Å². The number of aryl methyl sites for hydroxylation is 1. The number of carbonyl (C=O) groups is 1. The molecule has 2 heteroatoms. The van der Waals surface area contributed by atoms with Gasteiger partial charge < -0.3 is 5.32 Å². The molecule has 0 bridgehead atoms. The van der Waals surface area contributed by atoms with E-state index in [1.807, 2.05) is 0 Å². The zero-order valence-electron chi connectivity index (χ0n) is 8.63. The van der Waals surface area contributed by atoms with Gasteiger partial charge in [0.05, 0.1) is 12.0 Å². The first-order valence-corrected chi connectivity index (χ1v) is 5.04. The fourth-order valence-corrected chi connectivity index (χ4v) is 1.89. The van der Waals surface area contributed by atoms with Gasteiger partial charge in [-0.05, 0) is 24.5 Å². The summed E-state index contributed by atoms with van der Waals surface area (Å²) in [6.45, 7) is 4.21.